The van der Waals surface area contributed by atoms with Gasteiger partial charge in [0.25, 0.3) is 0 Å². The van der Waals surface area contributed by atoms with Crippen molar-refractivity contribution in [2.45, 2.75) is 24.4 Å². The number of pyridine rings is 1. The van der Waals surface area contributed by atoms with Gasteiger partial charge in [-0.2, -0.15) is 0 Å². The standard InChI is InChI=1S/C20H18N4O2S/c1-27-20-23-17-7-3-6-16(17)18(24-20)22-14-4-2-5-15(12-14)26-19(25)13-8-10-21-11-9-13/h2,4-5,8-12H,3,6-7H2,1H3,(H,22,23,24). The summed E-state index contributed by atoms with van der Waals surface area (Å²) in [6.07, 6.45) is 8.16. The Morgan fingerprint density at radius 2 is 2.00 bits per heavy atom. The number of hydrogen-bond donors (Lipinski definition) is 1. The number of nitrogens with one attached hydrogen (secondary N) is 1. The molecule has 0 unspecified atom stereocenters. The smallest absolute Gasteiger partial charge is 0.343 e. The van der Waals surface area contributed by atoms with Gasteiger partial charge in [-0.15, -0.1) is 0 Å². The van der Waals surface area contributed by atoms with Crippen LogP contribution in [0, 0.1) is 0 Å². The highest BCUT2D eigenvalue weighted by molar-refractivity contribution is 7.98. The summed E-state index contributed by atoms with van der Waals surface area (Å²) in [5, 5.41) is 4.13. The average Bonchev–Trinajstić information content (AvgIpc) is 3.18. The van der Waals surface area contributed by atoms with E-state index < -0.39 is 5.97 Å². The Labute approximate surface area is 161 Å². The van der Waals surface area contributed by atoms with Crippen molar-refractivity contribution >= 4 is 29.2 Å². The number of carbonyl (C=O) groups excluding carboxylic acids is 1. The minimum absolute atomic E-state index is 0.415. The second kappa shape index (κ2) is 7.75. The predicted molar refractivity (Wildman–Crippen MR) is 105 cm³/mol. The van der Waals surface area contributed by atoms with Crippen molar-refractivity contribution in [3.8, 4) is 5.75 Å². The molecule has 6 nitrogen and oxygen atoms in total. The number of anilines is 2. The molecule has 0 bridgehead atoms. The molecule has 2 heterocycles. The molecule has 4 rings (SSSR count). The average molecular weight is 378 g/mol. The van der Waals surface area contributed by atoms with Gasteiger partial charge in [-0.1, -0.05) is 17.8 Å². The van der Waals surface area contributed by atoms with Gasteiger partial charge in [-0.05, 0) is 49.8 Å². The Kier molecular flexibility index (Phi) is 5.02. The molecule has 0 radical (unpaired) electrons. The van der Waals surface area contributed by atoms with Crippen LogP contribution in [0.4, 0.5) is 11.5 Å². The van der Waals surface area contributed by atoms with E-state index in [4.69, 9.17) is 4.74 Å². The van der Waals surface area contributed by atoms with Crippen LogP contribution in [0.5, 0.6) is 5.75 Å². The van der Waals surface area contributed by atoms with Crippen molar-refractivity contribution in [2.75, 3.05) is 11.6 Å². The Hall–Kier alpha value is -2.93. The number of benzene rings is 1. The van der Waals surface area contributed by atoms with Crippen LogP contribution in [0.3, 0.4) is 0 Å². The highest BCUT2D eigenvalue weighted by atomic mass is 32.2. The van der Waals surface area contributed by atoms with E-state index in [0.717, 1.165) is 41.6 Å². The van der Waals surface area contributed by atoms with E-state index >= 15 is 0 Å². The van der Waals surface area contributed by atoms with Crippen LogP contribution in [-0.2, 0) is 12.8 Å². The highest BCUT2D eigenvalue weighted by Crippen LogP contribution is 2.31. The first kappa shape index (κ1) is 17.5. The lowest BCUT2D eigenvalue weighted by Crippen LogP contribution is -2.08. The third kappa shape index (κ3) is 3.93. The zero-order chi connectivity index (χ0) is 18.6. The van der Waals surface area contributed by atoms with Gasteiger partial charge in [0.1, 0.15) is 11.6 Å². The van der Waals surface area contributed by atoms with E-state index in [0.29, 0.717) is 11.3 Å². The SMILES string of the molecule is CSc1nc2c(c(Nc3cccc(OC(=O)c4ccncc4)c3)n1)CCC2. The summed E-state index contributed by atoms with van der Waals surface area (Å²) in [5.74, 6) is 0.888. The van der Waals surface area contributed by atoms with E-state index in [9.17, 15) is 4.79 Å². The van der Waals surface area contributed by atoms with Gasteiger partial charge in [0.15, 0.2) is 5.16 Å². The van der Waals surface area contributed by atoms with Gasteiger partial charge in [-0.3, -0.25) is 4.98 Å². The predicted octanol–water partition coefficient (Wildman–Crippen LogP) is 4.05. The first-order chi connectivity index (χ1) is 13.2. The highest BCUT2D eigenvalue weighted by Gasteiger charge is 2.19. The molecule has 0 fully saturated rings. The van der Waals surface area contributed by atoms with Crippen LogP contribution in [0.15, 0.2) is 53.9 Å². The van der Waals surface area contributed by atoms with Crippen molar-refractivity contribution in [1.82, 2.24) is 15.0 Å². The number of hydrogen-bond acceptors (Lipinski definition) is 7. The molecule has 7 heteroatoms. The summed E-state index contributed by atoms with van der Waals surface area (Å²) in [4.78, 5) is 25.4. The maximum absolute atomic E-state index is 12.2. The molecule has 0 saturated heterocycles. The number of aryl methyl sites for hydroxylation is 1. The van der Waals surface area contributed by atoms with Crippen LogP contribution >= 0.6 is 11.8 Å². The molecule has 0 spiro atoms. The number of rotatable bonds is 5. The molecule has 1 aliphatic rings. The number of carbonyl (C=O) groups is 1. The van der Waals surface area contributed by atoms with Crippen molar-refractivity contribution in [1.29, 1.82) is 0 Å². The second-order valence-electron chi connectivity index (χ2n) is 6.12. The van der Waals surface area contributed by atoms with Gasteiger partial charge in [-0.25, -0.2) is 14.8 Å². The van der Waals surface area contributed by atoms with E-state index in [1.807, 2.05) is 18.4 Å². The maximum atomic E-state index is 12.2. The van der Waals surface area contributed by atoms with Gasteiger partial charge >= 0.3 is 5.97 Å². The molecule has 0 aliphatic heterocycles. The Morgan fingerprint density at radius 3 is 2.81 bits per heavy atom. The summed E-state index contributed by atoms with van der Waals surface area (Å²) in [6, 6.07) is 10.6. The lowest BCUT2D eigenvalue weighted by atomic mass is 10.2. The topological polar surface area (TPSA) is 77.0 Å². The monoisotopic (exact) mass is 378 g/mol. The molecule has 1 aliphatic carbocycles. The normalized spacial score (nSPS) is 12.5. The van der Waals surface area contributed by atoms with Crippen molar-refractivity contribution in [2.24, 2.45) is 0 Å². The van der Waals surface area contributed by atoms with Crippen LogP contribution in [0.25, 0.3) is 0 Å². The summed E-state index contributed by atoms with van der Waals surface area (Å²) in [6.45, 7) is 0. The van der Waals surface area contributed by atoms with Crippen LogP contribution in [-0.4, -0.2) is 27.2 Å². The number of esters is 1. The fraction of sp³-hybridized carbons (Fsp3) is 0.200. The summed E-state index contributed by atoms with van der Waals surface area (Å²) < 4.78 is 5.47. The number of ether oxygens (including phenoxy) is 1. The number of aromatic nitrogens is 3. The molecule has 0 amide bonds. The minimum Gasteiger partial charge on any atom is -0.423 e. The lowest BCUT2D eigenvalue weighted by Gasteiger charge is -2.12. The Bertz CT molecular complexity index is 979. The van der Waals surface area contributed by atoms with E-state index in [-0.39, 0.29) is 0 Å². The van der Waals surface area contributed by atoms with Crippen LogP contribution < -0.4 is 10.1 Å². The number of nitrogens with zero attached hydrogens (tertiary/aromatic N) is 3. The molecule has 1 aromatic carbocycles. The minimum atomic E-state index is -0.415. The lowest BCUT2D eigenvalue weighted by molar-refractivity contribution is 0.0735. The zero-order valence-corrected chi connectivity index (χ0v) is 15.6. The maximum Gasteiger partial charge on any atom is 0.343 e. The molecule has 136 valence electrons. The molecular weight excluding hydrogens is 360 g/mol. The third-order valence-electron chi connectivity index (χ3n) is 4.32. The van der Waals surface area contributed by atoms with Crippen molar-refractivity contribution < 1.29 is 9.53 Å². The molecule has 0 atom stereocenters. The Balaban J connectivity index is 1.55. The van der Waals surface area contributed by atoms with Crippen molar-refractivity contribution in [3.63, 3.8) is 0 Å². The molecule has 3 aromatic rings. The largest absolute Gasteiger partial charge is 0.423 e. The fourth-order valence-electron chi connectivity index (χ4n) is 3.03. The zero-order valence-electron chi connectivity index (χ0n) is 14.8. The van der Waals surface area contributed by atoms with Crippen LogP contribution in [0.1, 0.15) is 28.0 Å². The van der Waals surface area contributed by atoms with Crippen molar-refractivity contribution in [3.05, 3.63) is 65.6 Å². The number of fused-ring (bicyclic) bond motifs is 1. The van der Waals surface area contributed by atoms with E-state index in [1.165, 1.54) is 17.3 Å². The summed E-state index contributed by atoms with van der Waals surface area (Å²) in [7, 11) is 0. The Morgan fingerprint density at radius 1 is 1.15 bits per heavy atom. The van der Waals surface area contributed by atoms with Crippen LogP contribution in [0.2, 0.25) is 0 Å². The molecule has 1 N–H and O–H groups in total. The van der Waals surface area contributed by atoms with Gasteiger partial charge < -0.3 is 10.1 Å². The van der Waals surface area contributed by atoms with Gasteiger partial charge in [0.05, 0.1) is 11.3 Å². The fourth-order valence-corrected chi connectivity index (χ4v) is 3.42. The molecule has 2 aromatic heterocycles. The molecular formula is C20H18N4O2S. The first-order valence-electron chi connectivity index (χ1n) is 8.66. The number of thioether (sulfide) groups is 1. The summed E-state index contributed by atoms with van der Waals surface area (Å²) >= 11 is 1.53. The quantitative estimate of drug-likeness (QED) is 0.311. The summed E-state index contributed by atoms with van der Waals surface area (Å²) in [5.41, 5.74) is 3.57. The second-order valence-corrected chi connectivity index (χ2v) is 6.89. The van der Waals surface area contributed by atoms with Gasteiger partial charge in [0.2, 0.25) is 0 Å². The first-order valence-corrected chi connectivity index (χ1v) is 9.88. The van der Waals surface area contributed by atoms with E-state index in [2.05, 4.69) is 20.3 Å². The third-order valence-corrected chi connectivity index (χ3v) is 4.87. The van der Waals surface area contributed by atoms with E-state index in [1.54, 1.807) is 36.7 Å². The molecule has 27 heavy (non-hydrogen) atoms. The van der Waals surface area contributed by atoms with Gasteiger partial charge in [0, 0.05) is 29.7 Å². The molecule has 0 saturated carbocycles.